The third-order valence-electron chi connectivity index (χ3n) is 8.79. The van der Waals surface area contributed by atoms with Crippen molar-refractivity contribution in [2.75, 3.05) is 39.0 Å². The molecule has 0 aromatic heterocycles. The van der Waals surface area contributed by atoms with Crippen LogP contribution in [-0.2, 0) is 26.0 Å². The number of piperidine rings is 1. The van der Waals surface area contributed by atoms with Crippen molar-refractivity contribution < 1.29 is 18.0 Å². The van der Waals surface area contributed by atoms with E-state index in [0.717, 1.165) is 51.0 Å². The Morgan fingerprint density at radius 1 is 1.00 bits per heavy atom. The molecule has 3 atom stereocenters. The number of amides is 1. The Morgan fingerprint density at radius 2 is 1.65 bits per heavy atom. The first-order valence-electron chi connectivity index (χ1n) is 13.3. The lowest BCUT2D eigenvalue weighted by Gasteiger charge is -2.43. The van der Waals surface area contributed by atoms with Crippen LogP contribution >= 0.6 is 0 Å². The Labute approximate surface area is 220 Å². The quantitative estimate of drug-likeness (QED) is 0.601. The number of carbonyl (C=O) groups is 2. The topological polar surface area (TPSA) is 86.8 Å². The van der Waals surface area contributed by atoms with Crippen LogP contribution < -0.4 is 5.32 Å². The Morgan fingerprint density at radius 3 is 2.27 bits per heavy atom. The van der Waals surface area contributed by atoms with Crippen LogP contribution in [0.3, 0.4) is 0 Å². The van der Waals surface area contributed by atoms with Crippen LogP contribution in [0.5, 0.6) is 0 Å². The minimum Gasteiger partial charge on any atom is -0.338 e. The lowest BCUT2D eigenvalue weighted by molar-refractivity contribution is -0.139. The molecule has 37 heavy (non-hydrogen) atoms. The van der Waals surface area contributed by atoms with Gasteiger partial charge in [-0.15, -0.1) is 0 Å². The molecule has 1 unspecified atom stereocenters. The average Bonchev–Trinajstić information content (AvgIpc) is 3.47. The molecule has 0 bridgehead atoms. The van der Waals surface area contributed by atoms with Gasteiger partial charge in [0.1, 0.15) is 5.78 Å². The fourth-order valence-electron chi connectivity index (χ4n) is 6.73. The van der Waals surface area contributed by atoms with Crippen molar-refractivity contribution in [3.8, 4) is 0 Å². The number of benzene rings is 2. The molecule has 0 saturated carbocycles. The molecule has 8 heteroatoms. The summed E-state index contributed by atoms with van der Waals surface area (Å²) in [7, 11) is -3.24. The first kappa shape index (κ1) is 26.1. The smallest absolute Gasteiger partial charge is 0.229 e. The highest BCUT2D eigenvalue weighted by molar-refractivity contribution is 7.90. The molecule has 7 nitrogen and oxygen atoms in total. The number of likely N-dealkylation sites (tertiary alicyclic amines) is 2. The van der Waals surface area contributed by atoms with E-state index in [4.69, 9.17) is 0 Å². The van der Waals surface area contributed by atoms with Crippen molar-refractivity contribution in [3.05, 3.63) is 65.7 Å². The van der Waals surface area contributed by atoms with Gasteiger partial charge in [-0.3, -0.25) is 14.5 Å². The molecule has 2 aromatic rings. The molecular weight excluding hydrogens is 486 g/mol. The normalized spacial score (nSPS) is 25.0. The molecule has 1 amide bonds. The summed E-state index contributed by atoms with van der Waals surface area (Å²) in [6, 6.07) is 17.2. The molecule has 0 radical (unpaired) electrons. The fraction of sp³-hybridized carbons (Fsp3) is 0.517. The molecule has 3 aliphatic rings. The number of sulfone groups is 1. The van der Waals surface area contributed by atoms with E-state index in [1.807, 2.05) is 11.0 Å². The lowest BCUT2D eigenvalue weighted by atomic mass is 9.75. The van der Waals surface area contributed by atoms with E-state index in [1.54, 1.807) is 31.2 Å². The molecule has 198 valence electrons. The summed E-state index contributed by atoms with van der Waals surface area (Å²) in [4.78, 5) is 31.0. The van der Waals surface area contributed by atoms with E-state index >= 15 is 0 Å². The second-order valence-electron chi connectivity index (χ2n) is 11.1. The molecule has 3 heterocycles. The van der Waals surface area contributed by atoms with Crippen LogP contribution in [0, 0.1) is 11.3 Å². The molecule has 3 fully saturated rings. The third kappa shape index (κ3) is 5.24. The summed E-state index contributed by atoms with van der Waals surface area (Å²) in [6.45, 7) is 6.15. The Balaban J connectivity index is 1.24. The first-order chi connectivity index (χ1) is 17.7. The summed E-state index contributed by atoms with van der Waals surface area (Å²) in [5.41, 5.74) is 1.87. The van der Waals surface area contributed by atoms with Gasteiger partial charge in [-0.25, -0.2) is 8.42 Å². The van der Waals surface area contributed by atoms with Crippen molar-refractivity contribution in [2.24, 2.45) is 11.3 Å². The fourth-order valence-corrected chi connectivity index (χ4v) is 7.36. The SMILES string of the molecule is CC(=O)C([C@@H]1CNC[C@@H]1c1ccccc1)N1CCC2(CCN(Cc3ccc(S(C)(=O)=O)cc3)C2=O)CC1. The molecular formula is C29H37N3O4S. The van der Waals surface area contributed by atoms with Crippen molar-refractivity contribution in [1.82, 2.24) is 15.1 Å². The van der Waals surface area contributed by atoms with E-state index < -0.39 is 9.84 Å². The highest BCUT2D eigenvalue weighted by Crippen LogP contribution is 2.44. The molecule has 3 saturated heterocycles. The molecule has 0 aliphatic carbocycles. The van der Waals surface area contributed by atoms with Crippen LogP contribution in [-0.4, -0.2) is 74.9 Å². The number of carbonyl (C=O) groups excluding carboxylic acids is 2. The van der Waals surface area contributed by atoms with Gasteiger partial charge in [0.15, 0.2) is 9.84 Å². The monoisotopic (exact) mass is 523 g/mol. The molecule has 2 aromatic carbocycles. The number of hydrogen-bond acceptors (Lipinski definition) is 6. The van der Waals surface area contributed by atoms with Crippen LogP contribution in [0.25, 0.3) is 0 Å². The number of hydrogen-bond donors (Lipinski definition) is 1. The maximum Gasteiger partial charge on any atom is 0.229 e. The Kier molecular flexibility index (Phi) is 7.27. The van der Waals surface area contributed by atoms with Gasteiger partial charge in [0, 0.05) is 44.3 Å². The number of Topliss-reactive ketones (excluding diaryl/α,β-unsaturated/α-hetero) is 1. The standard InChI is InChI=1S/C29H37N3O4S/c1-21(33)27(26-19-30-18-25(26)23-6-4-3-5-7-23)31-15-12-29(13-16-31)14-17-32(28(29)34)20-22-8-10-24(11-9-22)37(2,35)36/h3-11,25-27,30H,12-20H2,1-2H3/t25-,26-,27?/m1/s1. The van der Waals surface area contributed by atoms with E-state index in [1.165, 1.54) is 11.8 Å². The highest BCUT2D eigenvalue weighted by Gasteiger charge is 2.50. The number of nitrogens with one attached hydrogen (secondary N) is 1. The molecule has 1 N–H and O–H groups in total. The molecule has 5 rings (SSSR count). The zero-order valence-corrected chi connectivity index (χ0v) is 22.5. The highest BCUT2D eigenvalue weighted by atomic mass is 32.2. The van der Waals surface area contributed by atoms with Crippen molar-refractivity contribution in [2.45, 2.75) is 49.6 Å². The summed E-state index contributed by atoms with van der Waals surface area (Å²) in [6.07, 6.45) is 3.58. The zero-order chi connectivity index (χ0) is 26.2. The van der Waals surface area contributed by atoms with Crippen molar-refractivity contribution in [3.63, 3.8) is 0 Å². The van der Waals surface area contributed by atoms with Crippen molar-refractivity contribution >= 4 is 21.5 Å². The Bertz CT molecular complexity index is 1240. The van der Waals surface area contributed by atoms with Crippen molar-refractivity contribution in [1.29, 1.82) is 0 Å². The Hall–Kier alpha value is -2.55. The largest absolute Gasteiger partial charge is 0.338 e. The average molecular weight is 524 g/mol. The van der Waals surface area contributed by atoms with E-state index in [0.29, 0.717) is 23.9 Å². The number of ketones is 1. The number of rotatable bonds is 7. The van der Waals surface area contributed by atoms with Gasteiger partial charge >= 0.3 is 0 Å². The van der Waals surface area contributed by atoms with Gasteiger partial charge in [-0.1, -0.05) is 42.5 Å². The van der Waals surface area contributed by atoms with Gasteiger partial charge in [0.25, 0.3) is 0 Å². The van der Waals surface area contributed by atoms with Crippen LogP contribution in [0.1, 0.15) is 43.2 Å². The van der Waals surface area contributed by atoms with Gasteiger partial charge in [0.05, 0.1) is 16.4 Å². The second-order valence-corrected chi connectivity index (χ2v) is 13.1. The predicted molar refractivity (Wildman–Crippen MR) is 143 cm³/mol. The first-order valence-corrected chi connectivity index (χ1v) is 15.2. The minimum absolute atomic E-state index is 0.140. The summed E-state index contributed by atoms with van der Waals surface area (Å²) in [5.74, 6) is 0.939. The molecule has 1 spiro atoms. The third-order valence-corrected chi connectivity index (χ3v) is 9.91. The van der Waals surface area contributed by atoms with Gasteiger partial charge in [-0.2, -0.15) is 0 Å². The van der Waals surface area contributed by atoms with Crippen LogP contribution in [0.2, 0.25) is 0 Å². The van der Waals surface area contributed by atoms with E-state index in [2.05, 4.69) is 34.5 Å². The van der Waals surface area contributed by atoms with Gasteiger partial charge < -0.3 is 10.2 Å². The predicted octanol–water partition coefficient (Wildman–Crippen LogP) is 2.87. The van der Waals surface area contributed by atoms with Crippen LogP contribution in [0.15, 0.2) is 59.5 Å². The van der Waals surface area contributed by atoms with Crippen LogP contribution in [0.4, 0.5) is 0 Å². The summed E-state index contributed by atoms with van der Waals surface area (Å²) < 4.78 is 23.5. The lowest BCUT2D eigenvalue weighted by Crippen LogP contribution is -2.53. The maximum atomic E-state index is 13.6. The van der Waals surface area contributed by atoms with E-state index in [9.17, 15) is 18.0 Å². The molecule has 3 aliphatic heterocycles. The summed E-state index contributed by atoms with van der Waals surface area (Å²) in [5, 5.41) is 3.52. The second kappa shape index (κ2) is 10.3. The van der Waals surface area contributed by atoms with Gasteiger partial charge in [-0.05, 0) is 62.5 Å². The minimum atomic E-state index is -3.24. The maximum absolute atomic E-state index is 13.6. The van der Waals surface area contributed by atoms with Gasteiger partial charge in [0.2, 0.25) is 5.91 Å². The number of nitrogens with zero attached hydrogens (tertiary/aromatic N) is 2. The zero-order valence-electron chi connectivity index (χ0n) is 21.7. The van der Waals surface area contributed by atoms with E-state index in [-0.39, 0.29) is 29.1 Å². The summed E-state index contributed by atoms with van der Waals surface area (Å²) >= 11 is 0.